The first kappa shape index (κ1) is 20.8. The first-order chi connectivity index (χ1) is 14.3. The Morgan fingerprint density at radius 3 is 2.33 bits per heavy atom. The van der Waals surface area contributed by atoms with Crippen LogP contribution in [0.25, 0.3) is 22.3 Å². The minimum absolute atomic E-state index is 0.0880. The topological polar surface area (TPSA) is 39.4 Å². The lowest BCUT2D eigenvalue weighted by atomic mass is 10.1. The molecule has 0 aliphatic carbocycles. The van der Waals surface area contributed by atoms with E-state index in [4.69, 9.17) is 44.0 Å². The molecule has 152 valence electrons. The first-order valence-corrected chi connectivity index (χ1v) is 10.4. The van der Waals surface area contributed by atoms with Crippen LogP contribution in [0.15, 0.2) is 63.8 Å². The molecule has 0 bridgehead atoms. The maximum Gasteiger partial charge on any atom is 0.235 e. The van der Waals surface area contributed by atoms with Crippen LogP contribution in [-0.2, 0) is 6.61 Å². The third-order valence-electron chi connectivity index (χ3n) is 4.83. The molecule has 0 unspecified atom stereocenters. The second kappa shape index (κ2) is 8.35. The fraction of sp³-hybridized carbons (Fsp3) is 0.125. The second-order valence-electron chi connectivity index (χ2n) is 7.08. The summed E-state index contributed by atoms with van der Waals surface area (Å²) < 4.78 is 12.1. The number of hydrogen-bond donors (Lipinski definition) is 0. The molecule has 0 saturated heterocycles. The largest absolute Gasteiger partial charge is 0.481 e. The van der Waals surface area contributed by atoms with E-state index in [0.717, 1.165) is 16.7 Å². The van der Waals surface area contributed by atoms with E-state index in [1.54, 1.807) is 30.3 Å². The van der Waals surface area contributed by atoms with Crippen molar-refractivity contribution in [2.75, 3.05) is 0 Å². The van der Waals surface area contributed by atoms with E-state index in [9.17, 15) is 4.79 Å². The van der Waals surface area contributed by atoms with Crippen molar-refractivity contribution in [3.8, 4) is 17.1 Å². The molecular weight excluding hydrogens is 443 g/mol. The summed E-state index contributed by atoms with van der Waals surface area (Å²) in [5, 5.41) is 1.84. The summed E-state index contributed by atoms with van der Waals surface area (Å²) >= 11 is 18.5. The van der Waals surface area contributed by atoms with Gasteiger partial charge < -0.3 is 9.15 Å². The fourth-order valence-electron chi connectivity index (χ4n) is 3.11. The van der Waals surface area contributed by atoms with E-state index in [2.05, 4.69) is 0 Å². The molecule has 6 heteroatoms. The molecule has 4 aromatic rings. The van der Waals surface area contributed by atoms with E-state index in [0.29, 0.717) is 37.4 Å². The molecule has 30 heavy (non-hydrogen) atoms. The van der Waals surface area contributed by atoms with Gasteiger partial charge in [-0.15, -0.1) is 0 Å². The Labute approximate surface area is 188 Å². The smallest absolute Gasteiger partial charge is 0.235 e. The van der Waals surface area contributed by atoms with Crippen LogP contribution in [0.1, 0.15) is 16.7 Å². The number of halogens is 3. The van der Waals surface area contributed by atoms with Crippen molar-refractivity contribution in [3.05, 3.63) is 96.6 Å². The third kappa shape index (κ3) is 4.06. The lowest BCUT2D eigenvalue weighted by Gasteiger charge is -2.13. The van der Waals surface area contributed by atoms with Crippen LogP contribution >= 0.6 is 34.8 Å². The van der Waals surface area contributed by atoms with Gasteiger partial charge in [0.2, 0.25) is 11.2 Å². The third-order valence-corrected chi connectivity index (χ3v) is 5.82. The molecule has 3 nitrogen and oxygen atoms in total. The average molecular weight is 460 g/mol. The maximum absolute atomic E-state index is 13.3. The highest BCUT2D eigenvalue weighted by molar-refractivity contribution is 6.35. The molecule has 0 atom stereocenters. The van der Waals surface area contributed by atoms with Crippen LogP contribution < -0.4 is 10.2 Å². The van der Waals surface area contributed by atoms with Gasteiger partial charge in [0.15, 0.2) is 5.76 Å². The highest BCUT2D eigenvalue weighted by atomic mass is 35.5. The monoisotopic (exact) mass is 458 g/mol. The van der Waals surface area contributed by atoms with Crippen molar-refractivity contribution in [3.63, 3.8) is 0 Å². The van der Waals surface area contributed by atoms with Gasteiger partial charge in [-0.05, 0) is 43.7 Å². The molecule has 0 N–H and O–H groups in total. The highest BCUT2D eigenvalue weighted by Crippen LogP contribution is 2.34. The summed E-state index contributed by atoms with van der Waals surface area (Å²) in [5.74, 6) is 0.469. The van der Waals surface area contributed by atoms with Gasteiger partial charge in [0.1, 0.15) is 12.2 Å². The molecule has 0 spiro atoms. The number of aryl methyl sites for hydroxylation is 2. The van der Waals surface area contributed by atoms with Crippen LogP contribution in [0.5, 0.6) is 5.75 Å². The van der Waals surface area contributed by atoms with Gasteiger partial charge in [0, 0.05) is 26.2 Å². The van der Waals surface area contributed by atoms with Crippen molar-refractivity contribution in [1.82, 2.24) is 0 Å². The molecule has 0 amide bonds. The molecule has 0 aliphatic heterocycles. The lowest BCUT2D eigenvalue weighted by molar-refractivity contribution is 0.298. The molecule has 4 rings (SSSR count). The molecule has 0 radical (unpaired) electrons. The second-order valence-corrected chi connectivity index (χ2v) is 8.33. The Bertz CT molecular complexity index is 1310. The van der Waals surface area contributed by atoms with E-state index < -0.39 is 0 Å². The summed E-state index contributed by atoms with van der Waals surface area (Å²) in [4.78, 5) is 13.3. The standard InChI is InChI=1S/C24H17Cl3O3/c1-13-3-5-15(6-4-13)23-24(29-12-16-7-8-17(25)10-20(16)27)22(28)18-11-19(26)14(2)9-21(18)30-23/h3-11H,12H2,1-2H3. The molecule has 3 aromatic carbocycles. The van der Waals surface area contributed by atoms with Gasteiger partial charge in [-0.25, -0.2) is 0 Å². The fourth-order valence-corrected chi connectivity index (χ4v) is 3.74. The summed E-state index contributed by atoms with van der Waals surface area (Å²) in [7, 11) is 0. The van der Waals surface area contributed by atoms with Gasteiger partial charge in [-0.3, -0.25) is 4.79 Å². The number of ether oxygens (including phenoxy) is 1. The van der Waals surface area contributed by atoms with Crippen LogP contribution in [0, 0.1) is 13.8 Å². The van der Waals surface area contributed by atoms with Crippen LogP contribution in [0.3, 0.4) is 0 Å². The van der Waals surface area contributed by atoms with Crippen molar-refractivity contribution in [2.24, 2.45) is 0 Å². The van der Waals surface area contributed by atoms with E-state index in [1.165, 1.54) is 0 Å². The summed E-state index contributed by atoms with van der Waals surface area (Å²) in [5.41, 5.74) is 3.53. The minimum Gasteiger partial charge on any atom is -0.481 e. The van der Waals surface area contributed by atoms with Crippen molar-refractivity contribution in [1.29, 1.82) is 0 Å². The van der Waals surface area contributed by atoms with Gasteiger partial charge in [0.25, 0.3) is 0 Å². The molecule has 0 aliphatic rings. The average Bonchev–Trinajstić information content (AvgIpc) is 2.70. The highest BCUT2D eigenvalue weighted by Gasteiger charge is 2.19. The van der Waals surface area contributed by atoms with Crippen molar-refractivity contribution < 1.29 is 9.15 Å². The maximum atomic E-state index is 13.3. The minimum atomic E-state index is -0.293. The zero-order valence-corrected chi connectivity index (χ0v) is 18.5. The summed E-state index contributed by atoms with van der Waals surface area (Å²) in [6.07, 6.45) is 0. The number of rotatable bonds is 4. The van der Waals surface area contributed by atoms with Gasteiger partial charge in [0.05, 0.1) is 5.39 Å². The number of benzene rings is 3. The van der Waals surface area contributed by atoms with E-state index >= 15 is 0 Å². The normalized spacial score (nSPS) is 11.1. The molecule has 0 saturated carbocycles. The van der Waals surface area contributed by atoms with Gasteiger partial charge in [-0.2, -0.15) is 0 Å². The molecule has 0 fully saturated rings. The van der Waals surface area contributed by atoms with Gasteiger partial charge >= 0.3 is 0 Å². The molecule has 1 aromatic heterocycles. The van der Waals surface area contributed by atoms with Crippen molar-refractivity contribution >= 4 is 45.8 Å². The van der Waals surface area contributed by atoms with Crippen LogP contribution in [0.4, 0.5) is 0 Å². The first-order valence-electron chi connectivity index (χ1n) is 9.24. The van der Waals surface area contributed by atoms with Gasteiger partial charge in [-0.1, -0.05) is 70.7 Å². The zero-order chi connectivity index (χ0) is 21.4. The Kier molecular flexibility index (Phi) is 5.79. The quantitative estimate of drug-likeness (QED) is 0.315. The molecule has 1 heterocycles. The Morgan fingerprint density at radius 2 is 1.63 bits per heavy atom. The predicted molar refractivity (Wildman–Crippen MR) is 123 cm³/mol. The van der Waals surface area contributed by atoms with Crippen LogP contribution in [-0.4, -0.2) is 0 Å². The Morgan fingerprint density at radius 1 is 0.900 bits per heavy atom. The zero-order valence-electron chi connectivity index (χ0n) is 16.3. The van der Waals surface area contributed by atoms with E-state index in [-0.39, 0.29) is 17.8 Å². The molecular formula is C24H17Cl3O3. The van der Waals surface area contributed by atoms with E-state index in [1.807, 2.05) is 38.1 Å². The number of hydrogen-bond acceptors (Lipinski definition) is 3. The predicted octanol–water partition coefficient (Wildman–Crippen LogP) is 7.62. The summed E-state index contributed by atoms with van der Waals surface area (Å²) in [6, 6.07) is 16.2. The number of fused-ring (bicyclic) bond motifs is 1. The Hall–Kier alpha value is -2.46. The van der Waals surface area contributed by atoms with Crippen molar-refractivity contribution in [2.45, 2.75) is 20.5 Å². The van der Waals surface area contributed by atoms with Crippen LogP contribution in [0.2, 0.25) is 15.1 Å². The SMILES string of the molecule is Cc1ccc(-c2oc3cc(C)c(Cl)cc3c(=O)c2OCc2ccc(Cl)cc2Cl)cc1. The lowest BCUT2D eigenvalue weighted by Crippen LogP contribution is -2.10. The Balaban J connectivity index is 1.87. The summed E-state index contributed by atoms with van der Waals surface area (Å²) in [6.45, 7) is 3.94.